The number of carbonyl (C=O) groups is 1. The number of non-ortho nitro benzene ring substituents is 1. The molecule has 4 N–H and O–H groups in total. The summed E-state index contributed by atoms with van der Waals surface area (Å²) < 4.78 is 11.8. The molecule has 0 saturated heterocycles. The molecular formula is C26H27N5O5. The highest BCUT2D eigenvalue weighted by Gasteiger charge is 2.34. The number of fused-ring (bicyclic) bond motifs is 1. The first-order valence-corrected chi connectivity index (χ1v) is 11.5. The number of ether oxygens (including phenoxy) is 2. The lowest BCUT2D eigenvalue weighted by atomic mass is 10.1. The van der Waals surface area contributed by atoms with Gasteiger partial charge in [-0.1, -0.05) is 36.4 Å². The zero-order chi connectivity index (χ0) is 25.5. The van der Waals surface area contributed by atoms with E-state index in [9.17, 15) is 14.9 Å². The molecule has 4 rings (SSSR count). The van der Waals surface area contributed by atoms with E-state index in [0.717, 1.165) is 5.56 Å². The summed E-state index contributed by atoms with van der Waals surface area (Å²) in [4.78, 5) is 29.6. The molecule has 3 aromatic carbocycles. The molecule has 0 saturated carbocycles. The number of nitrogens with zero attached hydrogens (tertiary/aromatic N) is 3. The second-order valence-electron chi connectivity index (χ2n) is 8.26. The Balaban J connectivity index is 1.40. The third-order valence-corrected chi connectivity index (χ3v) is 5.70. The maximum atomic E-state index is 13.3. The van der Waals surface area contributed by atoms with Gasteiger partial charge in [0.2, 0.25) is 0 Å². The van der Waals surface area contributed by atoms with Crippen molar-refractivity contribution in [3.05, 3.63) is 94.0 Å². The summed E-state index contributed by atoms with van der Waals surface area (Å²) in [5.41, 5.74) is 13.0. The summed E-state index contributed by atoms with van der Waals surface area (Å²) in [5.74, 6) is 1.11. The maximum absolute atomic E-state index is 13.3. The Morgan fingerprint density at radius 3 is 2.58 bits per heavy atom. The van der Waals surface area contributed by atoms with E-state index < -0.39 is 11.0 Å². The zero-order valence-electron chi connectivity index (χ0n) is 19.6. The maximum Gasteiger partial charge on any atom is 0.269 e. The smallest absolute Gasteiger partial charge is 0.269 e. The number of carbonyl (C=O) groups excluding carboxylic acids is 1. The van der Waals surface area contributed by atoms with Gasteiger partial charge in [0.25, 0.3) is 11.6 Å². The summed E-state index contributed by atoms with van der Waals surface area (Å²) in [5, 5.41) is 11.2. The second kappa shape index (κ2) is 11.2. The third kappa shape index (κ3) is 6.09. The van der Waals surface area contributed by atoms with Crippen LogP contribution in [0.1, 0.15) is 17.5 Å². The van der Waals surface area contributed by atoms with Crippen LogP contribution in [0.2, 0.25) is 0 Å². The van der Waals surface area contributed by atoms with E-state index in [4.69, 9.17) is 20.9 Å². The van der Waals surface area contributed by atoms with E-state index in [2.05, 4.69) is 4.99 Å². The molecule has 1 heterocycles. The molecule has 3 aromatic rings. The number of nitro groups is 1. The van der Waals surface area contributed by atoms with E-state index in [1.807, 2.05) is 36.4 Å². The van der Waals surface area contributed by atoms with Gasteiger partial charge in [0, 0.05) is 25.1 Å². The van der Waals surface area contributed by atoms with Crippen LogP contribution in [0.15, 0.2) is 77.8 Å². The van der Waals surface area contributed by atoms with Gasteiger partial charge in [-0.15, -0.1) is 0 Å². The van der Waals surface area contributed by atoms with Crippen molar-refractivity contribution in [1.82, 2.24) is 0 Å². The summed E-state index contributed by atoms with van der Waals surface area (Å²) in [7, 11) is 0. The quantitative estimate of drug-likeness (QED) is 0.192. The first kappa shape index (κ1) is 24.5. The fourth-order valence-electron chi connectivity index (χ4n) is 3.92. The monoisotopic (exact) mass is 489 g/mol. The van der Waals surface area contributed by atoms with E-state index >= 15 is 0 Å². The number of anilines is 1. The average molecular weight is 490 g/mol. The fourth-order valence-corrected chi connectivity index (χ4v) is 3.92. The van der Waals surface area contributed by atoms with Gasteiger partial charge in [-0.2, -0.15) is 0 Å². The summed E-state index contributed by atoms with van der Waals surface area (Å²) in [6, 6.07) is 21.1. The Bertz CT molecular complexity index is 1260. The molecule has 10 nitrogen and oxygen atoms in total. The molecule has 0 spiro atoms. The van der Waals surface area contributed by atoms with Crippen LogP contribution in [0.5, 0.6) is 11.5 Å². The first-order valence-electron chi connectivity index (χ1n) is 11.5. The number of rotatable bonds is 10. The number of aliphatic imine (C=N–C) groups is 1. The predicted molar refractivity (Wildman–Crippen MR) is 136 cm³/mol. The highest BCUT2D eigenvalue weighted by Crippen LogP contribution is 2.35. The topological polar surface area (TPSA) is 146 Å². The molecule has 0 aromatic heterocycles. The van der Waals surface area contributed by atoms with E-state index in [1.165, 1.54) is 12.1 Å². The van der Waals surface area contributed by atoms with Gasteiger partial charge in [0.05, 0.1) is 23.8 Å². The van der Waals surface area contributed by atoms with Crippen molar-refractivity contribution >= 4 is 23.2 Å². The molecule has 186 valence electrons. The molecule has 0 aliphatic carbocycles. The van der Waals surface area contributed by atoms with Crippen molar-refractivity contribution in [2.75, 3.05) is 18.1 Å². The van der Waals surface area contributed by atoms with Crippen LogP contribution < -0.4 is 25.8 Å². The minimum atomic E-state index is -0.738. The number of hydrogen-bond acceptors (Lipinski definition) is 6. The van der Waals surface area contributed by atoms with E-state index in [0.29, 0.717) is 42.1 Å². The Labute approximate surface area is 208 Å². The number of para-hydroxylation sites is 2. The Kier molecular flexibility index (Phi) is 7.64. The molecule has 1 unspecified atom stereocenters. The third-order valence-electron chi connectivity index (χ3n) is 5.70. The van der Waals surface area contributed by atoms with Gasteiger partial charge in [-0.05, 0) is 41.8 Å². The van der Waals surface area contributed by atoms with Gasteiger partial charge in [0.1, 0.15) is 11.5 Å². The van der Waals surface area contributed by atoms with Gasteiger partial charge in [0.15, 0.2) is 12.1 Å². The zero-order valence-corrected chi connectivity index (χ0v) is 19.6. The van der Waals surface area contributed by atoms with Crippen molar-refractivity contribution in [2.45, 2.75) is 25.5 Å². The highest BCUT2D eigenvalue weighted by molar-refractivity contribution is 5.99. The number of amides is 1. The average Bonchev–Trinajstić information content (AvgIpc) is 2.87. The Morgan fingerprint density at radius 2 is 1.83 bits per heavy atom. The predicted octanol–water partition coefficient (Wildman–Crippen LogP) is 3.17. The summed E-state index contributed by atoms with van der Waals surface area (Å²) in [6.45, 7) is 0.980. The molecule has 0 radical (unpaired) electrons. The molecule has 36 heavy (non-hydrogen) atoms. The van der Waals surface area contributed by atoms with Crippen molar-refractivity contribution in [3.8, 4) is 11.5 Å². The first-order chi connectivity index (χ1) is 17.4. The Hall–Kier alpha value is -4.60. The van der Waals surface area contributed by atoms with Gasteiger partial charge >= 0.3 is 0 Å². The molecule has 1 amide bonds. The largest absolute Gasteiger partial charge is 0.493 e. The molecule has 1 aliphatic heterocycles. The van der Waals surface area contributed by atoms with Crippen LogP contribution in [0, 0.1) is 10.1 Å². The number of benzene rings is 3. The second-order valence-corrected chi connectivity index (χ2v) is 8.26. The van der Waals surface area contributed by atoms with Gasteiger partial charge in [-0.25, -0.2) is 0 Å². The van der Waals surface area contributed by atoms with Crippen LogP contribution in [0.25, 0.3) is 0 Å². The minimum Gasteiger partial charge on any atom is -0.493 e. The van der Waals surface area contributed by atoms with Crippen LogP contribution in [-0.4, -0.2) is 36.0 Å². The standard InChI is InChI=1S/C26H27N5O5/c27-26(28)29-14-12-18-8-10-21(11-9-18)35-15-13-24-25(32)30(22-6-1-2-7-23(22)36-24)17-19-4-3-5-20(16-19)31(33)34/h1-11,16,24H,12-15,17H2,(H4,27,28,29). The van der Waals surface area contributed by atoms with Crippen molar-refractivity contribution in [1.29, 1.82) is 0 Å². The van der Waals surface area contributed by atoms with E-state index in [-0.39, 0.29) is 30.7 Å². The normalized spacial score (nSPS) is 14.5. The Morgan fingerprint density at radius 1 is 1.06 bits per heavy atom. The van der Waals surface area contributed by atoms with E-state index in [1.54, 1.807) is 29.2 Å². The summed E-state index contributed by atoms with van der Waals surface area (Å²) in [6.07, 6.45) is 0.310. The van der Waals surface area contributed by atoms with Crippen molar-refractivity contribution in [3.63, 3.8) is 0 Å². The number of nitrogens with two attached hydrogens (primary N) is 2. The minimum absolute atomic E-state index is 0.0197. The molecule has 10 heteroatoms. The van der Waals surface area contributed by atoms with Crippen molar-refractivity contribution < 1.29 is 19.2 Å². The SMILES string of the molecule is NC(N)=NCCc1ccc(OCCC2Oc3ccccc3N(Cc3cccc([N+](=O)[O-])c3)C2=O)cc1. The van der Waals surface area contributed by atoms with Crippen LogP contribution in [0.4, 0.5) is 11.4 Å². The molecule has 1 aliphatic rings. The number of hydrogen-bond donors (Lipinski definition) is 2. The van der Waals surface area contributed by atoms with Crippen LogP contribution in [0.3, 0.4) is 0 Å². The van der Waals surface area contributed by atoms with Gasteiger partial charge in [-0.3, -0.25) is 19.9 Å². The van der Waals surface area contributed by atoms with Crippen LogP contribution in [-0.2, 0) is 17.8 Å². The van der Waals surface area contributed by atoms with Gasteiger partial charge < -0.3 is 25.8 Å². The fraction of sp³-hybridized carbons (Fsp3) is 0.231. The summed E-state index contributed by atoms with van der Waals surface area (Å²) >= 11 is 0. The lowest BCUT2D eigenvalue weighted by Gasteiger charge is -2.34. The highest BCUT2D eigenvalue weighted by atomic mass is 16.6. The lowest BCUT2D eigenvalue weighted by Crippen LogP contribution is -2.46. The molecule has 1 atom stereocenters. The van der Waals surface area contributed by atoms with Crippen molar-refractivity contribution in [2.24, 2.45) is 16.5 Å². The lowest BCUT2D eigenvalue weighted by molar-refractivity contribution is -0.384. The van der Waals surface area contributed by atoms with Crippen LogP contribution >= 0.6 is 0 Å². The molecule has 0 fully saturated rings. The number of nitro benzene ring substituents is 1. The number of guanidine groups is 1. The molecule has 0 bridgehead atoms. The molecular weight excluding hydrogens is 462 g/mol.